The summed E-state index contributed by atoms with van der Waals surface area (Å²) >= 11 is 0. The lowest BCUT2D eigenvalue weighted by molar-refractivity contribution is -0.139. The lowest BCUT2D eigenvalue weighted by atomic mass is 9.94. The summed E-state index contributed by atoms with van der Waals surface area (Å²) in [4.78, 5) is 6.37. The maximum Gasteiger partial charge on any atom is 0.146 e. The second-order valence-electron chi connectivity index (χ2n) is 4.31. The molecule has 1 atom stereocenters. The Labute approximate surface area is 96.2 Å². The van der Waals surface area contributed by atoms with Crippen molar-refractivity contribution in [1.29, 1.82) is 0 Å². The molecule has 4 heteroatoms. The van der Waals surface area contributed by atoms with Gasteiger partial charge in [0.1, 0.15) is 6.79 Å². The standard InChI is InChI=1S/C12H18N2O2/c1-14(2)12(10-4-3-5-13-6-10)11-7-15-9-16-8-11/h3-6,11-12H,7-9H2,1-2H3. The third-order valence-electron chi connectivity index (χ3n) is 2.86. The maximum absolute atomic E-state index is 5.37. The largest absolute Gasteiger partial charge is 0.355 e. The molecule has 1 aliphatic rings. The average molecular weight is 222 g/mol. The molecule has 16 heavy (non-hydrogen) atoms. The molecule has 0 bridgehead atoms. The number of hydrogen-bond donors (Lipinski definition) is 0. The molecule has 1 aromatic rings. The minimum Gasteiger partial charge on any atom is -0.355 e. The summed E-state index contributed by atoms with van der Waals surface area (Å²) in [5, 5.41) is 0. The molecule has 0 saturated carbocycles. The van der Waals surface area contributed by atoms with Crippen LogP contribution in [0.2, 0.25) is 0 Å². The molecule has 1 unspecified atom stereocenters. The van der Waals surface area contributed by atoms with Crippen molar-refractivity contribution in [2.24, 2.45) is 5.92 Å². The molecule has 4 nitrogen and oxygen atoms in total. The molecule has 0 N–H and O–H groups in total. The summed E-state index contributed by atoms with van der Waals surface area (Å²) in [7, 11) is 4.15. The minimum absolute atomic E-state index is 0.300. The summed E-state index contributed by atoms with van der Waals surface area (Å²) in [5.41, 5.74) is 1.21. The number of ether oxygens (including phenoxy) is 2. The normalized spacial score (nSPS) is 19.9. The summed E-state index contributed by atoms with van der Waals surface area (Å²) in [6.45, 7) is 1.92. The van der Waals surface area contributed by atoms with E-state index in [-0.39, 0.29) is 0 Å². The van der Waals surface area contributed by atoms with E-state index in [1.807, 2.05) is 12.3 Å². The van der Waals surface area contributed by atoms with E-state index in [0.717, 1.165) is 13.2 Å². The number of rotatable bonds is 3. The van der Waals surface area contributed by atoms with Gasteiger partial charge in [-0.25, -0.2) is 0 Å². The smallest absolute Gasteiger partial charge is 0.146 e. The van der Waals surface area contributed by atoms with Gasteiger partial charge < -0.3 is 14.4 Å². The monoisotopic (exact) mass is 222 g/mol. The summed E-state index contributed by atoms with van der Waals surface area (Å²) < 4.78 is 10.7. The van der Waals surface area contributed by atoms with Gasteiger partial charge in [-0.2, -0.15) is 0 Å². The highest BCUT2D eigenvalue weighted by Gasteiger charge is 2.27. The Morgan fingerprint density at radius 3 is 2.69 bits per heavy atom. The van der Waals surface area contributed by atoms with Gasteiger partial charge in [-0.05, 0) is 25.7 Å². The fourth-order valence-electron chi connectivity index (χ4n) is 2.23. The topological polar surface area (TPSA) is 34.6 Å². The Balaban J connectivity index is 2.16. The SMILES string of the molecule is CN(C)C(c1cccnc1)C1COCOC1. The molecule has 0 radical (unpaired) electrons. The van der Waals surface area contributed by atoms with Gasteiger partial charge in [-0.1, -0.05) is 6.07 Å². The Hall–Kier alpha value is -0.970. The fraction of sp³-hybridized carbons (Fsp3) is 0.583. The minimum atomic E-state index is 0.300. The predicted octanol–water partition coefficient (Wildman–Crippen LogP) is 1.30. The molecule has 1 fully saturated rings. The van der Waals surface area contributed by atoms with Crippen LogP contribution in [0.15, 0.2) is 24.5 Å². The predicted molar refractivity (Wildman–Crippen MR) is 60.9 cm³/mol. The highest BCUT2D eigenvalue weighted by Crippen LogP contribution is 2.28. The zero-order valence-corrected chi connectivity index (χ0v) is 9.80. The van der Waals surface area contributed by atoms with Crippen LogP contribution in [0.4, 0.5) is 0 Å². The zero-order chi connectivity index (χ0) is 11.4. The van der Waals surface area contributed by atoms with Crippen LogP contribution in [0, 0.1) is 5.92 Å². The molecule has 2 heterocycles. The molecule has 1 saturated heterocycles. The van der Waals surface area contributed by atoms with Gasteiger partial charge in [0.15, 0.2) is 0 Å². The van der Waals surface area contributed by atoms with Crippen LogP contribution in [-0.2, 0) is 9.47 Å². The first kappa shape index (κ1) is 11.5. The number of aromatic nitrogens is 1. The number of hydrogen-bond acceptors (Lipinski definition) is 4. The first-order chi connectivity index (χ1) is 7.79. The number of pyridine rings is 1. The second-order valence-corrected chi connectivity index (χ2v) is 4.31. The Morgan fingerprint density at radius 1 is 1.38 bits per heavy atom. The van der Waals surface area contributed by atoms with Crippen LogP contribution >= 0.6 is 0 Å². The average Bonchev–Trinajstić information content (AvgIpc) is 2.31. The summed E-state index contributed by atoms with van der Waals surface area (Å²) in [5.74, 6) is 0.368. The second kappa shape index (κ2) is 5.39. The fourth-order valence-corrected chi connectivity index (χ4v) is 2.23. The molecule has 1 aliphatic heterocycles. The van der Waals surface area contributed by atoms with Gasteiger partial charge in [-0.3, -0.25) is 4.98 Å². The van der Waals surface area contributed by atoms with E-state index in [1.54, 1.807) is 6.20 Å². The van der Waals surface area contributed by atoms with Crippen molar-refractivity contribution in [3.63, 3.8) is 0 Å². The van der Waals surface area contributed by atoms with Gasteiger partial charge in [0.25, 0.3) is 0 Å². The van der Waals surface area contributed by atoms with Crippen LogP contribution in [0.1, 0.15) is 11.6 Å². The van der Waals surface area contributed by atoms with Crippen LogP contribution in [0.5, 0.6) is 0 Å². The molecule has 0 spiro atoms. The summed E-state index contributed by atoms with van der Waals surface area (Å²) in [6.07, 6.45) is 3.71. The van der Waals surface area contributed by atoms with Crippen molar-refractivity contribution in [2.75, 3.05) is 34.1 Å². The molecular formula is C12H18N2O2. The Morgan fingerprint density at radius 2 is 2.12 bits per heavy atom. The molecule has 0 aromatic carbocycles. The maximum atomic E-state index is 5.37. The third-order valence-corrected chi connectivity index (χ3v) is 2.86. The highest BCUT2D eigenvalue weighted by atomic mass is 16.7. The molecule has 0 aliphatic carbocycles. The van der Waals surface area contributed by atoms with Gasteiger partial charge >= 0.3 is 0 Å². The lowest BCUT2D eigenvalue weighted by Gasteiger charge is -2.34. The van der Waals surface area contributed by atoms with Crippen molar-refractivity contribution in [3.8, 4) is 0 Å². The third kappa shape index (κ3) is 2.58. The van der Waals surface area contributed by atoms with E-state index in [2.05, 4.69) is 30.0 Å². The van der Waals surface area contributed by atoms with Crippen molar-refractivity contribution in [2.45, 2.75) is 6.04 Å². The van der Waals surface area contributed by atoms with Crippen molar-refractivity contribution >= 4 is 0 Å². The number of nitrogens with zero attached hydrogens (tertiary/aromatic N) is 2. The van der Waals surface area contributed by atoms with Crippen LogP contribution in [0.3, 0.4) is 0 Å². The highest BCUT2D eigenvalue weighted by molar-refractivity contribution is 5.15. The van der Waals surface area contributed by atoms with Gasteiger partial charge in [-0.15, -0.1) is 0 Å². The van der Waals surface area contributed by atoms with E-state index < -0.39 is 0 Å². The van der Waals surface area contributed by atoms with E-state index in [9.17, 15) is 0 Å². The van der Waals surface area contributed by atoms with Gasteiger partial charge in [0.05, 0.1) is 13.2 Å². The van der Waals surface area contributed by atoms with Crippen LogP contribution < -0.4 is 0 Å². The van der Waals surface area contributed by atoms with Crippen LogP contribution in [-0.4, -0.2) is 44.0 Å². The first-order valence-corrected chi connectivity index (χ1v) is 5.51. The first-order valence-electron chi connectivity index (χ1n) is 5.51. The lowest BCUT2D eigenvalue weighted by Crippen LogP contribution is -2.36. The van der Waals surface area contributed by atoms with Crippen molar-refractivity contribution in [1.82, 2.24) is 9.88 Å². The zero-order valence-electron chi connectivity index (χ0n) is 9.80. The quantitative estimate of drug-likeness (QED) is 0.772. The van der Waals surface area contributed by atoms with Crippen LogP contribution in [0.25, 0.3) is 0 Å². The molecule has 88 valence electrons. The van der Waals surface area contributed by atoms with E-state index in [0.29, 0.717) is 18.8 Å². The van der Waals surface area contributed by atoms with E-state index in [4.69, 9.17) is 9.47 Å². The Bertz CT molecular complexity index is 310. The molecule has 2 rings (SSSR count). The van der Waals surface area contributed by atoms with Crippen molar-refractivity contribution < 1.29 is 9.47 Å². The summed E-state index contributed by atoms with van der Waals surface area (Å²) in [6, 6.07) is 4.37. The Kier molecular flexibility index (Phi) is 3.88. The van der Waals surface area contributed by atoms with Gasteiger partial charge in [0, 0.05) is 24.4 Å². The molecule has 0 amide bonds. The molecule has 1 aromatic heterocycles. The molecular weight excluding hydrogens is 204 g/mol. The van der Waals surface area contributed by atoms with Gasteiger partial charge in [0.2, 0.25) is 0 Å². The van der Waals surface area contributed by atoms with Crippen molar-refractivity contribution in [3.05, 3.63) is 30.1 Å². The van der Waals surface area contributed by atoms with E-state index >= 15 is 0 Å². The van der Waals surface area contributed by atoms with E-state index in [1.165, 1.54) is 5.56 Å².